The average Bonchev–Trinajstić information content (AvgIpc) is 2.27. The summed E-state index contributed by atoms with van der Waals surface area (Å²) in [5.74, 6) is 1.08. The Kier molecular flexibility index (Phi) is 4.18. The number of nitrogens with one attached hydrogen (secondary N) is 1. The van der Waals surface area contributed by atoms with Crippen LogP contribution in [0.15, 0.2) is 30.3 Å². The Hall–Kier alpha value is -1.31. The Bertz CT molecular complexity index is 356. The zero-order valence-corrected chi connectivity index (χ0v) is 10.5. The molecule has 0 radical (unpaired) electrons. The minimum absolute atomic E-state index is 0.261. The van der Waals surface area contributed by atoms with E-state index in [4.69, 9.17) is 0 Å². The Balaban J connectivity index is 1.69. The van der Waals surface area contributed by atoms with Crippen LogP contribution in [0.5, 0.6) is 0 Å². The van der Waals surface area contributed by atoms with Gasteiger partial charge in [-0.05, 0) is 30.7 Å². The molecule has 0 heterocycles. The van der Waals surface area contributed by atoms with Crippen molar-refractivity contribution < 1.29 is 4.79 Å². The van der Waals surface area contributed by atoms with Crippen molar-refractivity contribution in [2.75, 3.05) is 6.54 Å². The van der Waals surface area contributed by atoms with Crippen LogP contribution in [0.4, 0.5) is 0 Å². The molecule has 1 aromatic rings. The Labute approximate surface area is 103 Å². The van der Waals surface area contributed by atoms with E-state index in [2.05, 4.69) is 36.5 Å². The standard InChI is InChI=1S/C15H21NO/c1-12(13-6-3-2-4-7-13)10-11-16-15(17)14-8-5-9-14/h2-4,6-7,12,14H,5,8-11H2,1H3,(H,16,17)/t12-/m0/s1. The maximum atomic E-state index is 11.6. The van der Waals surface area contributed by atoms with Crippen molar-refractivity contribution in [3.05, 3.63) is 35.9 Å². The summed E-state index contributed by atoms with van der Waals surface area (Å²) in [5, 5.41) is 3.05. The molecule has 0 spiro atoms. The van der Waals surface area contributed by atoms with Gasteiger partial charge in [0.15, 0.2) is 0 Å². The minimum Gasteiger partial charge on any atom is -0.356 e. The minimum atomic E-state index is 0.261. The van der Waals surface area contributed by atoms with Crippen LogP contribution in [0, 0.1) is 5.92 Å². The molecule has 1 N–H and O–H groups in total. The van der Waals surface area contributed by atoms with Gasteiger partial charge in [-0.1, -0.05) is 43.7 Å². The second-order valence-corrected chi connectivity index (χ2v) is 5.02. The SMILES string of the molecule is C[C@@H](CCNC(=O)C1CCC1)c1ccccc1. The highest BCUT2D eigenvalue weighted by Gasteiger charge is 2.24. The molecule has 0 saturated heterocycles. The van der Waals surface area contributed by atoms with Crippen molar-refractivity contribution in [2.45, 2.75) is 38.5 Å². The molecule has 1 atom stereocenters. The largest absolute Gasteiger partial charge is 0.356 e. The molecule has 2 heteroatoms. The zero-order chi connectivity index (χ0) is 12.1. The zero-order valence-electron chi connectivity index (χ0n) is 10.5. The summed E-state index contributed by atoms with van der Waals surface area (Å²) in [5.41, 5.74) is 1.35. The number of hydrogen-bond donors (Lipinski definition) is 1. The lowest BCUT2D eigenvalue weighted by Gasteiger charge is -2.24. The molecule has 1 aromatic carbocycles. The second-order valence-electron chi connectivity index (χ2n) is 5.02. The summed E-state index contributed by atoms with van der Waals surface area (Å²) < 4.78 is 0. The highest BCUT2D eigenvalue weighted by Crippen LogP contribution is 2.26. The predicted octanol–water partition coefficient (Wildman–Crippen LogP) is 3.10. The van der Waals surface area contributed by atoms with Crippen LogP contribution in [0.2, 0.25) is 0 Å². The molecule has 1 fully saturated rings. The molecule has 1 aliphatic rings. The van der Waals surface area contributed by atoms with E-state index in [1.165, 1.54) is 12.0 Å². The predicted molar refractivity (Wildman–Crippen MR) is 69.8 cm³/mol. The van der Waals surface area contributed by atoms with Gasteiger partial charge < -0.3 is 5.32 Å². The lowest BCUT2D eigenvalue weighted by atomic mass is 9.85. The molecule has 2 nitrogen and oxygen atoms in total. The van der Waals surface area contributed by atoms with Crippen LogP contribution in [-0.2, 0) is 4.79 Å². The molecular weight excluding hydrogens is 210 g/mol. The van der Waals surface area contributed by atoms with Crippen LogP contribution in [0.25, 0.3) is 0 Å². The van der Waals surface area contributed by atoms with Crippen molar-refractivity contribution in [3.8, 4) is 0 Å². The number of amides is 1. The molecule has 0 aromatic heterocycles. The lowest BCUT2D eigenvalue weighted by Crippen LogP contribution is -2.35. The van der Waals surface area contributed by atoms with Gasteiger partial charge in [-0.2, -0.15) is 0 Å². The number of benzene rings is 1. The van der Waals surface area contributed by atoms with E-state index in [0.29, 0.717) is 11.8 Å². The van der Waals surface area contributed by atoms with Gasteiger partial charge in [0.1, 0.15) is 0 Å². The van der Waals surface area contributed by atoms with Gasteiger partial charge in [0.05, 0.1) is 0 Å². The first kappa shape index (κ1) is 12.2. The molecule has 2 rings (SSSR count). The number of hydrogen-bond acceptors (Lipinski definition) is 1. The summed E-state index contributed by atoms with van der Waals surface area (Å²) in [6, 6.07) is 10.5. The topological polar surface area (TPSA) is 29.1 Å². The highest BCUT2D eigenvalue weighted by molar-refractivity contribution is 5.79. The van der Waals surface area contributed by atoms with Crippen molar-refractivity contribution in [2.24, 2.45) is 5.92 Å². The van der Waals surface area contributed by atoms with Crippen molar-refractivity contribution in [1.29, 1.82) is 0 Å². The van der Waals surface area contributed by atoms with Gasteiger partial charge in [-0.15, -0.1) is 0 Å². The first-order valence-corrected chi connectivity index (χ1v) is 6.60. The molecule has 17 heavy (non-hydrogen) atoms. The molecular formula is C15H21NO. The van der Waals surface area contributed by atoms with E-state index in [0.717, 1.165) is 25.8 Å². The van der Waals surface area contributed by atoms with Crippen molar-refractivity contribution >= 4 is 5.91 Å². The van der Waals surface area contributed by atoms with Gasteiger partial charge in [0.25, 0.3) is 0 Å². The van der Waals surface area contributed by atoms with Gasteiger partial charge in [-0.25, -0.2) is 0 Å². The van der Waals surface area contributed by atoms with Gasteiger partial charge in [0, 0.05) is 12.5 Å². The first-order chi connectivity index (χ1) is 8.27. The van der Waals surface area contributed by atoms with Crippen LogP contribution in [0.3, 0.4) is 0 Å². The smallest absolute Gasteiger partial charge is 0.223 e. The third kappa shape index (κ3) is 3.32. The van der Waals surface area contributed by atoms with Gasteiger partial charge in [0.2, 0.25) is 5.91 Å². The van der Waals surface area contributed by atoms with Crippen LogP contribution in [0.1, 0.15) is 44.1 Å². The van der Waals surface area contributed by atoms with E-state index in [1.54, 1.807) is 0 Å². The normalized spacial score (nSPS) is 17.2. The van der Waals surface area contributed by atoms with E-state index < -0.39 is 0 Å². The second kappa shape index (κ2) is 5.85. The van der Waals surface area contributed by atoms with Gasteiger partial charge >= 0.3 is 0 Å². The Morgan fingerprint density at radius 2 is 2.06 bits per heavy atom. The fourth-order valence-electron chi connectivity index (χ4n) is 2.17. The number of rotatable bonds is 5. The maximum absolute atomic E-state index is 11.6. The van der Waals surface area contributed by atoms with Crippen LogP contribution < -0.4 is 5.32 Å². The highest BCUT2D eigenvalue weighted by atomic mass is 16.1. The quantitative estimate of drug-likeness (QED) is 0.829. The Morgan fingerprint density at radius 1 is 1.35 bits per heavy atom. The van der Waals surface area contributed by atoms with Crippen molar-refractivity contribution in [1.82, 2.24) is 5.32 Å². The molecule has 1 saturated carbocycles. The molecule has 0 bridgehead atoms. The lowest BCUT2D eigenvalue weighted by molar-refractivity contribution is -0.127. The summed E-state index contributed by atoms with van der Waals surface area (Å²) in [4.78, 5) is 11.6. The van der Waals surface area contributed by atoms with Crippen LogP contribution >= 0.6 is 0 Å². The van der Waals surface area contributed by atoms with Gasteiger partial charge in [-0.3, -0.25) is 4.79 Å². The molecule has 1 aliphatic carbocycles. The van der Waals surface area contributed by atoms with Crippen LogP contribution in [-0.4, -0.2) is 12.5 Å². The monoisotopic (exact) mass is 231 g/mol. The molecule has 92 valence electrons. The summed E-state index contributed by atoms with van der Waals surface area (Å²) >= 11 is 0. The average molecular weight is 231 g/mol. The fraction of sp³-hybridized carbons (Fsp3) is 0.533. The van der Waals surface area contributed by atoms with E-state index >= 15 is 0 Å². The Morgan fingerprint density at radius 3 is 2.65 bits per heavy atom. The number of carbonyl (C=O) groups is 1. The maximum Gasteiger partial charge on any atom is 0.223 e. The molecule has 0 aliphatic heterocycles. The summed E-state index contributed by atoms with van der Waals surface area (Å²) in [7, 11) is 0. The molecule has 1 amide bonds. The fourth-order valence-corrected chi connectivity index (χ4v) is 2.17. The summed E-state index contributed by atoms with van der Waals surface area (Å²) in [6.07, 6.45) is 4.40. The van der Waals surface area contributed by atoms with E-state index in [1.807, 2.05) is 6.07 Å². The summed E-state index contributed by atoms with van der Waals surface area (Å²) in [6.45, 7) is 3.01. The van der Waals surface area contributed by atoms with E-state index in [9.17, 15) is 4.79 Å². The van der Waals surface area contributed by atoms with E-state index in [-0.39, 0.29) is 5.91 Å². The van der Waals surface area contributed by atoms with Crippen molar-refractivity contribution in [3.63, 3.8) is 0 Å². The third-order valence-corrected chi connectivity index (χ3v) is 3.72. The molecule has 0 unspecified atom stereocenters. The number of carbonyl (C=O) groups excluding carboxylic acids is 1. The first-order valence-electron chi connectivity index (χ1n) is 6.60. The third-order valence-electron chi connectivity index (χ3n) is 3.72.